The lowest BCUT2D eigenvalue weighted by Crippen LogP contribution is -2.43. The van der Waals surface area contributed by atoms with Gasteiger partial charge in [-0.2, -0.15) is 0 Å². The lowest BCUT2D eigenvalue weighted by molar-refractivity contribution is 0.0960. The van der Waals surface area contributed by atoms with E-state index in [0.29, 0.717) is 0 Å². The summed E-state index contributed by atoms with van der Waals surface area (Å²) in [6.07, 6.45) is 0. The Morgan fingerprint density at radius 3 is 2.76 bits per heavy atom. The van der Waals surface area contributed by atoms with Gasteiger partial charge in [0.2, 0.25) is 0 Å². The Morgan fingerprint density at radius 2 is 2.06 bits per heavy atom. The minimum Gasteiger partial charge on any atom is -0.355 e. The van der Waals surface area contributed by atoms with Crippen LogP contribution in [0.3, 0.4) is 0 Å². The first kappa shape index (κ1) is 12.1. The monoisotopic (exact) mass is 233 g/mol. The third-order valence-corrected chi connectivity index (χ3v) is 3.09. The van der Waals surface area contributed by atoms with E-state index >= 15 is 0 Å². The van der Waals surface area contributed by atoms with Gasteiger partial charge >= 0.3 is 0 Å². The second kappa shape index (κ2) is 5.80. The highest BCUT2D eigenvalue weighted by Gasteiger charge is 2.14. The molecule has 0 unspecified atom stereocenters. The summed E-state index contributed by atoms with van der Waals surface area (Å²) in [6, 6.07) is 7.82. The minimum absolute atomic E-state index is 0.00395. The number of nitrogens with zero attached hydrogens (tertiary/aromatic N) is 1. The van der Waals surface area contributed by atoms with Crippen LogP contribution < -0.4 is 10.6 Å². The molecule has 1 aliphatic rings. The molecule has 0 aliphatic carbocycles. The van der Waals surface area contributed by atoms with Crippen molar-refractivity contribution in [1.82, 2.24) is 15.5 Å². The van der Waals surface area contributed by atoms with Crippen molar-refractivity contribution in [2.75, 3.05) is 33.2 Å². The van der Waals surface area contributed by atoms with E-state index in [1.165, 1.54) is 0 Å². The van der Waals surface area contributed by atoms with E-state index in [4.69, 9.17) is 0 Å². The quantitative estimate of drug-likeness (QED) is 0.797. The molecule has 4 heteroatoms. The van der Waals surface area contributed by atoms with Crippen LogP contribution in [0.2, 0.25) is 0 Å². The van der Waals surface area contributed by atoms with E-state index in [1.54, 1.807) is 7.05 Å². The average molecular weight is 233 g/mol. The molecule has 2 rings (SSSR count). The fraction of sp³-hybridized carbons (Fsp3) is 0.462. The van der Waals surface area contributed by atoms with Crippen LogP contribution in [0.25, 0.3) is 0 Å². The van der Waals surface area contributed by atoms with Crippen molar-refractivity contribution in [3.05, 3.63) is 35.4 Å². The van der Waals surface area contributed by atoms with Gasteiger partial charge in [-0.3, -0.25) is 9.69 Å². The van der Waals surface area contributed by atoms with Crippen molar-refractivity contribution < 1.29 is 4.79 Å². The van der Waals surface area contributed by atoms with E-state index in [-0.39, 0.29) is 5.91 Å². The van der Waals surface area contributed by atoms with Gasteiger partial charge in [0.25, 0.3) is 5.91 Å². The highest BCUT2D eigenvalue weighted by molar-refractivity contribution is 5.95. The van der Waals surface area contributed by atoms with Gasteiger partial charge in [0.15, 0.2) is 0 Å². The number of piperazine rings is 1. The largest absolute Gasteiger partial charge is 0.355 e. The normalized spacial score (nSPS) is 16.8. The third-order valence-electron chi connectivity index (χ3n) is 3.09. The fourth-order valence-electron chi connectivity index (χ4n) is 2.12. The molecule has 1 aromatic rings. The average Bonchev–Trinajstić information content (AvgIpc) is 2.40. The predicted molar refractivity (Wildman–Crippen MR) is 68.0 cm³/mol. The van der Waals surface area contributed by atoms with Crippen molar-refractivity contribution in [2.24, 2.45) is 0 Å². The van der Waals surface area contributed by atoms with E-state index in [9.17, 15) is 4.79 Å². The van der Waals surface area contributed by atoms with Gasteiger partial charge < -0.3 is 10.6 Å². The summed E-state index contributed by atoms with van der Waals surface area (Å²) < 4.78 is 0. The van der Waals surface area contributed by atoms with Gasteiger partial charge in [0.05, 0.1) is 0 Å². The Balaban J connectivity index is 2.11. The first-order chi connectivity index (χ1) is 8.31. The minimum atomic E-state index is -0.00395. The Bertz CT molecular complexity index is 386. The van der Waals surface area contributed by atoms with Crippen LogP contribution in [0.4, 0.5) is 0 Å². The van der Waals surface area contributed by atoms with E-state index < -0.39 is 0 Å². The second-order valence-corrected chi connectivity index (χ2v) is 4.26. The lowest BCUT2D eigenvalue weighted by Gasteiger charge is -2.27. The van der Waals surface area contributed by atoms with Gasteiger partial charge in [0.1, 0.15) is 0 Å². The van der Waals surface area contributed by atoms with Crippen molar-refractivity contribution in [3.8, 4) is 0 Å². The van der Waals surface area contributed by atoms with Crippen LogP contribution in [-0.2, 0) is 6.54 Å². The van der Waals surface area contributed by atoms with Gasteiger partial charge in [-0.15, -0.1) is 0 Å². The molecule has 0 saturated carbocycles. The van der Waals surface area contributed by atoms with Gasteiger partial charge in [-0.1, -0.05) is 18.2 Å². The standard InChI is InChI=1S/C13H19N3O/c1-14-13(17)12-5-3-2-4-11(12)10-16-8-6-15-7-9-16/h2-5,15H,6-10H2,1H3,(H,14,17). The SMILES string of the molecule is CNC(=O)c1ccccc1CN1CCNCC1. The molecule has 1 amide bonds. The summed E-state index contributed by atoms with van der Waals surface area (Å²) in [5, 5.41) is 6.02. The Morgan fingerprint density at radius 1 is 1.35 bits per heavy atom. The van der Waals surface area contributed by atoms with Crippen LogP contribution in [0.15, 0.2) is 24.3 Å². The van der Waals surface area contributed by atoms with Crippen molar-refractivity contribution in [2.45, 2.75) is 6.54 Å². The number of nitrogens with one attached hydrogen (secondary N) is 2. The number of rotatable bonds is 3. The first-order valence-electron chi connectivity index (χ1n) is 6.04. The van der Waals surface area contributed by atoms with Crippen molar-refractivity contribution in [3.63, 3.8) is 0 Å². The van der Waals surface area contributed by atoms with Crippen LogP contribution in [0.1, 0.15) is 15.9 Å². The number of benzene rings is 1. The predicted octanol–water partition coefficient (Wildman–Crippen LogP) is 0.451. The molecule has 0 radical (unpaired) electrons. The molecule has 92 valence electrons. The van der Waals surface area contributed by atoms with Crippen LogP contribution in [0.5, 0.6) is 0 Å². The number of hydrogen-bond acceptors (Lipinski definition) is 3. The second-order valence-electron chi connectivity index (χ2n) is 4.26. The molecule has 1 fully saturated rings. The topological polar surface area (TPSA) is 44.4 Å². The van der Waals surface area contributed by atoms with Gasteiger partial charge in [-0.05, 0) is 11.6 Å². The fourth-order valence-corrected chi connectivity index (χ4v) is 2.12. The van der Waals surface area contributed by atoms with Gasteiger partial charge in [0, 0.05) is 45.3 Å². The van der Waals surface area contributed by atoms with E-state index in [2.05, 4.69) is 15.5 Å². The van der Waals surface area contributed by atoms with Crippen molar-refractivity contribution >= 4 is 5.91 Å². The van der Waals surface area contributed by atoms with Crippen molar-refractivity contribution in [1.29, 1.82) is 0 Å². The van der Waals surface area contributed by atoms with Crippen LogP contribution in [-0.4, -0.2) is 44.0 Å². The summed E-state index contributed by atoms with van der Waals surface area (Å²) in [5.41, 5.74) is 1.89. The van der Waals surface area contributed by atoms with Crippen LogP contribution >= 0.6 is 0 Å². The molecule has 1 heterocycles. The molecule has 0 atom stereocenters. The van der Waals surface area contributed by atoms with Crippen LogP contribution in [0, 0.1) is 0 Å². The molecule has 0 aromatic heterocycles. The molecule has 17 heavy (non-hydrogen) atoms. The number of hydrogen-bond donors (Lipinski definition) is 2. The maximum absolute atomic E-state index is 11.7. The lowest BCUT2D eigenvalue weighted by atomic mass is 10.1. The molecule has 4 nitrogen and oxygen atoms in total. The Kier molecular flexibility index (Phi) is 4.12. The molecule has 0 bridgehead atoms. The first-order valence-corrected chi connectivity index (χ1v) is 6.04. The van der Waals surface area contributed by atoms with Gasteiger partial charge in [-0.25, -0.2) is 0 Å². The zero-order valence-corrected chi connectivity index (χ0v) is 10.2. The maximum Gasteiger partial charge on any atom is 0.251 e. The maximum atomic E-state index is 11.7. The highest BCUT2D eigenvalue weighted by Crippen LogP contribution is 2.12. The third kappa shape index (κ3) is 3.05. The molecule has 0 spiro atoms. The molecule has 1 saturated heterocycles. The molecule has 1 aromatic carbocycles. The molecule has 1 aliphatic heterocycles. The summed E-state index contributed by atoms with van der Waals surface area (Å²) >= 11 is 0. The summed E-state index contributed by atoms with van der Waals surface area (Å²) in [4.78, 5) is 14.1. The molecular formula is C13H19N3O. The summed E-state index contributed by atoms with van der Waals surface area (Å²) in [7, 11) is 1.67. The molecule has 2 N–H and O–H groups in total. The number of carbonyl (C=O) groups excluding carboxylic acids is 1. The number of carbonyl (C=O) groups is 1. The van der Waals surface area contributed by atoms with E-state index in [0.717, 1.165) is 43.9 Å². The highest BCUT2D eigenvalue weighted by atomic mass is 16.1. The smallest absolute Gasteiger partial charge is 0.251 e. The zero-order chi connectivity index (χ0) is 12.1. The zero-order valence-electron chi connectivity index (χ0n) is 10.2. The number of amides is 1. The summed E-state index contributed by atoms with van der Waals surface area (Å²) in [6.45, 7) is 5.00. The summed E-state index contributed by atoms with van der Waals surface area (Å²) in [5.74, 6) is -0.00395. The Hall–Kier alpha value is -1.39. The molecular weight excluding hydrogens is 214 g/mol. The Labute approximate surface area is 102 Å². The van der Waals surface area contributed by atoms with E-state index in [1.807, 2.05) is 24.3 Å².